The highest BCUT2D eigenvalue weighted by molar-refractivity contribution is 6.30. The average Bonchev–Trinajstić information content (AvgIpc) is 2.44. The molecule has 0 spiro atoms. The molecule has 0 aromatic heterocycles. The van der Waals surface area contributed by atoms with E-state index in [0.29, 0.717) is 6.42 Å². The predicted octanol–water partition coefficient (Wildman–Crippen LogP) is 2.46. The standard InChI is InChI=1S/C11H11ClO2/c1-11(7-9(12)10(13)14-11)8-5-3-2-4-6-8/h2-6,9H,7H2,1H3/t9-,11-/m1/s1. The third-order valence-corrected chi connectivity index (χ3v) is 2.87. The summed E-state index contributed by atoms with van der Waals surface area (Å²) in [4.78, 5) is 11.2. The van der Waals surface area contributed by atoms with Gasteiger partial charge in [-0.15, -0.1) is 11.6 Å². The molecule has 2 nitrogen and oxygen atoms in total. The summed E-state index contributed by atoms with van der Waals surface area (Å²) in [5.74, 6) is -0.321. The molecule has 0 radical (unpaired) electrons. The van der Waals surface area contributed by atoms with Crippen molar-refractivity contribution in [2.45, 2.75) is 24.3 Å². The number of halogens is 1. The Morgan fingerprint density at radius 3 is 2.57 bits per heavy atom. The van der Waals surface area contributed by atoms with Gasteiger partial charge in [0.2, 0.25) is 0 Å². The highest BCUT2D eigenvalue weighted by atomic mass is 35.5. The summed E-state index contributed by atoms with van der Waals surface area (Å²) in [6, 6.07) is 9.68. The molecule has 74 valence electrons. The third kappa shape index (κ3) is 1.50. The number of carbonyl (C=O) groups is 1. The lowest BCUT2D eigenvalue weighted by molar-refractivity contribution is -0.147. The van der Waals surface area contributed by atoms with Gasteiger partial charge in [0.25, 0.3) is 0 Å². The van der Waals surface area contributed by atoms with Gasteiger partial charge < -0.3 is 4.74 Å². The van der Waals surface area contributed by atoms with Crippen molar-refractivity contribution in [3.05, 3.63) is 35.9 Å². The molecular formula is C11H11ClO2. The van der Waals surface area contributed by atoms with Crippen molar-refractivity contribution in [1.82, 2.24) is 0 Å². The largest absolute Gasteiger partial charge is 0.453 e. The molecule has 1 fully saturated rings. The minimum atomic E-state index is -0.551. The van der Waals surface area contributed by atoms with Crippen molar-refractivity contribution in [3.8, 4) is 0 Å². The van der Waals surface area contributed by atoms with Crippen LogP contribution < -0.4 is 0 Å². The number of esters is 1. The van der Waals surface area contributed by atoms with E-state index in [1.54, 1.807) is 0 Å². The molecule has 1 aromatic carbocycles. The van der Waals surface area contributed by atoms with Crippen LogP contribution in [0.4, 0.5) is 0 Å². The molecule has 1 saturated heterocycles. The van der Waals surface area contributed by atoms with Crippen LogP contribution in [-0.4, -0.2) is 11.3 Å². The van der Waals surface area contributed by atoms with Crippen molar-refractivity contribution in [2.24, 2.45) is 0 Å². The van der Waals surface area contributed by atoms with Gasteiger partial charge in [-0.2, -0.15) is 0 Å². The van der Waals surface area contributed by atoms with Gasteiger partial charge >= 0.3 is 5.97 Å². The number of alkyl halides is 1. The first kappa shape index (κ1) is 9.53. The lowest BCUT2D eigenvalue weighted by Gasteiger charge is -2.22. The average molecular weight is 211 g/mol. The first-order valence-corrected chi connectivity index (χ1v) is 4.98. The maximum Gasteiger partial charge on any atom is 0.325 e. The summed E-state index contributed by atoms with van der Waals surface area (Å²) in [5.41, 5.74) is 0.446. The first-order chi connectivity index (χ1) is 6.62. The Kier molecular flexibility index (Phi) is 2.23. The molecule has 1 aliphatic rings. The van der Waals surface area contributed by atoms with Gasteiger partial charge in [0, 0.05) is 6.42 Å². The maximum absolute atomic E-state index is 11.2. The van der Waals surface area contributed by atoms with E-state index in [2.05, 4.69) is 0 Å². The third-order valence-electron chi connectivity index (χ3n) is 2.53. The summed E-state index contributed by atoms with van der Waals surface area (Å²) in [6.07, 6.45) is 0.539. The lowest BCUT2D eigenvalue weighted by Crippen LogP contribution is -2.20. The smallest absolute Gasteiger partial charge is 0.325 e. The van der Waals surface area contributed by atoms with Crippen molar-refractivity contribution in [1.29, 1.82) is 0 Å². The number of hydrogen-bond donors (Lipinski definition) is 0. The molecule has 0 unspecified atom stereocenters. The van der Waals surface area contributed by atoms with Crippen LogP contribution in [0.1, 0.15) is 18.9 Å². The van der Waals surface area contributed by atoms with E-state index >= 15 is 0 Å². The summed E-state index contributed by atoms with van der Waals surface area (Å²) >= 11 is 5.82. The first-order valence-electron chi connectivity index (χ1n) is 4.54. The molecular weight excluding hydrogens is 200 g/mol. The Bertz CT molecular complexity index is 350. The zero-order chi connectivity index (χ0) is 10.2. The van der Waals surface area contributed by atoms with E-state index in [4.69, 9.17) is 16.3 Å². The predicted molar refractivity (Wildman–Crippen MR) is 54.1 cm³/mol. The number of cyclic esters (lactones) is 1. The quantitative estimate of drug-likeness (QED) is 0.526. The molecule has 0 bridgehead atoms. The minimum absolute atomic E-state index is 0.321. The van der Waals surface area contributed by atoms with Crippen LogP contribution >= 0.6 is 11.6 Å². The summed E-state index contributed by atoms with van der Waals surface area (Å²) < 4.78 is 5.28. The monoisotopic (exact) mass is 210 g/mol. The summed E-state index contributed by atoms with van der Waals surface area (Å²) in [5, 5.41) is -0.514. The fourth-order valence-corrected chi connectivity index (χ4v) is 2.06. The molecule has 1 heterocycles. The number of hydrogen-bond acceptors (Lipinski definition) is 2. The topological polar surface area (TPSA) is 26.3 Å². The highest BCUT2D eigenvalue weighted by Gasteiger charge is 2.43. The molecule has 0 N–H and O–H groups in total. The van der Waals surface area contributed by atoms with E-state index in [1.165, 1.54) is 0 Å². The Morgan fingerprint density at radius 1 is 1.43 bits per heavy atom. The number of ether oxygens (including phenoxy) is 1. The molecule has 3 heteroatoms. The van der Waals surface area contributed by atoms with Crippen LogP contribution in [0, 0.1) is 0 Å². The van der Waals surface area contributed by atoms with Crippen molar-refractivity contribution < 1.29 is 9.53 Å². The zero-order valence-electron chi connectivity index (χ0n) is 7.87. The normalized spacial score (nSPS) is 31.6. The summed E-state index contributed by atoms with van der Waals surface area (Å²) in [7, 11) is 0. The van der Waals surface area contributed by atoms with Crippen molar-refractivity contribution in [3.63, 3.8) is 0 Å². The second kappa shape index (κ2) is 3.28. The van der Waals surface area contributed by atoms with Crippen LogP contribution in [0.15, 0.2) is 30.3 Å². The van der Waals surface area contributed by atoms with Gasteiger partial charge in [-0.1, -0.05) is 30.3 Å². The van der Waals surface area contributed by atoms with Crippen molar-refractivity contribution in [2.75, 3.05) is 0 Å². The SMILES string of the molecule is C[C@]1(c2ccccc2)C[C@@H](Cl)C(=O)O1. The molecule has 0 saturated carbocycles. The van der Waals surface area contributed by atoms with E-state index < -0.39 is 11.0 Å². The number of carbonyl (C=O) groups excluding carboxylic acids is 1. The maximum atomic E-state index is 11.2. The second-order valence-corrected chi connectivity index (χ2v) is 4.22. The van der Waals surface area contributed by atoms with Crippen LogP contribution in [0.2, 0.25) is 0 Å². The Morgan fingerprint density at radius 2 is 2.07 bits per heavy atom. The fourth-order valence-electron chi connectivity index (χ4n) is 1.72. The van der Waals surface area contributed by atoms with Crippen LogP contribution in [0.5, 0.6) is 0 Å². The minimum Gasteiger partial charge on any atom is -0.453 e. The lowest BCUT2D eigenvalue weighted by atomic mass is 9.93. The van der Waals surface area contributed by atoms with Gasteiger partial charge in [0.05, 0.1) is 0 Å². The number of rotatable bonds is 1. The molecule has 2 rings (SSSR count). The van der Waals surface area contributed by atoms with Gasteiger partial charge in [0.15, 0.2) is 0 Å². The molecule has 14 heavy (non-hydrogen) atoms. The Labute approximate surface area is 87.8 Å². The second-order valence-electron chi connectivity index (χ2n) is 3.69. The van der Waals surface area contributed by atoms with E-state index in [9.17, 15) is 4.79 Å². The molecule has 2 atom stereocenters. The Balaban J connectivity index is 2.31. The summed E-state index contributed by atoms with van der Waals surface area (Å²) in [6.45, 7) is 1.89. The van der Waals surface area contributed by atoms with Gasteiger partial charge in [0.1, 0.15) is 11.0 Å². The number of benzene rings is 1. The van der Waals surface area contributed by atoms with Gasteiger partial charge in [-0.25, -0.2) is 0 Å². The van der Waals surface area contributed by atoms with Crippen LogP contribution in [0.3, 0.4) is 0 Å². The van der Waals surface area contributed by atoms with E-state index in [0.717, 1.165) is 5.56 Å². The van der Waals surface area contributed by atoms with E-state index in [1.807, 2.05) is 37.3 Å². The van der Waals surface area contributed by atoms with Crippen LogP contribution in [0.25, 0.3) is 0 Å². The molecule has 1 aliphatic heterocycles. The molecule has 0 aliphatic carbocycles. The Hall–Kier alpha value is -1.02. The van der Waals surface area contributed by atoms with Gasteiger partial charge in [-0.05, 0) is 12.5 Å². The van der Waals surface area contributed by atoms with E-state index in [-0.39, 0.29) is 5.97 Å². The molecule has 1 aromatic rings. The van der Waals surface area contributed by atoms with Gasteiger partial charge in [-0.3, -0.25) is 4.79 Å². The molecule has 0 amide bonds. The highest BCUT2D eigenvalue weighted by Crippen LogP contribution is 2.38. The zero-order valence-corrected chi connectivity index (χ0v) is 8.62. The van der Waals surface area contributed by atoms with Crippen molar-refractivity contribution >= 4 is 17.6 Å². The fraction of sp³-hybridized carbons (Fsp3) is 0.364. The van der Waals surface area contributed by atoms with Crippen LogP contribution in [-0.2, 0) is 15.1 Å².